The molecular weight excluding hydrogens is 328 g/mol. The van der Waals surface area contributed by atoms with Gasteiger partial charge in [0.25, 0.3) is 0 Å². The Morgan fingerprint density at radius 2 is 2.22 bits per heavy atom. The molecular formula is C17H21ClN4S. The van der Waals surface area contributed by atoms with Crippen molar-refractivity contribution in [3.05, 3.63) is 50.9 Å². The van der Waals surface area contributed by atoms with E-state index in [1.54, 1.807) is 18.4 Å². The molecule has 1 aromatic carbocycles. The Hall–Kier alpha value is -1.59. The van der Waals surface area contributed by atoms with Gasteiger partial charge in [0.05, 0.1) is 6.54 Å². The maximum absolute atomic E-state index is 6.13. The summed E-state index contributed by atoms with van der Waals surface area (Å²) in [5.74, 6) is 0.811. The number of aryl methyl sites for hydroxylation is 1. The Morgan fingerprint density at radius 1 is 1.39 bits per heavy atom. The lowest BCUT2D eigenvalue weighted by molar-refractivity contribution is 0.645. The van der Waals surface area contributed by atoms with Crippen molar-refractivity contribution in [2.75, 3.05) is 13.6 Å². The summed E-state index contributed by atoms with van der Waals surface area (Å²) in [6.07, 6.45) is 4.27. The van der Waals surface area contributed by atoms with Crippen LogP contribution < -0.4 is 10.6 Å². The highest BCUT2D eigenvalue weighted by Gasteiger charge is 2.44. The molecule has 0 spiro atoms. The summed E-state index contributed by atoms with van der Waals surface area (Å²) in [4.78, 5) is 9.88. The average molecular weight is 349 g/mol. The zero-order valence-electron chi connectivity index (χ0n) is 13.4. The van der Waals surface area contributed by atoms with Crippen LogP contribution in [0.5, 0.6) is 0 Å². The second kappa shape index (κ2) is 6.89. The van der Waals surface area contributed by atoms with Crippen LogP contribution >= 0.6 is 22.9 Å². The number of rotatable bonds is 5. The van der Waals surface area contributed by atoms with E-state index in [2.05, 4.69) is 39.7 Å². The molecule has 0 unspecified atom stereocenters. The fraction of sp³-hybridized carbons (Fsp3) is 0.412. The molecule has 0 aliphatic heterocycles. The first-order chi connectivity index (χ1) is 11.1. The van der Waals surface area contributed by atoms with Crippen molar-refractivity contribution in [3.63, 3.8) is 0 Å². The van der Waals surface area contributed by atoms with Crippen molar-refractivity contribution in [1.29, 1.82) is 0 Å². The lowest BCUT2D eigenvalue weighted by Crippen LogP contribution is -2.40. The predicted octanol–water partition coefficient (Wildman–Crippen LogP) is 3.50. The van der Waals surface area contributed by atoms with Gasteiger partial charge in [-0.3, -0.25) is 4.99 Å². The summed E-state index contributed by atoms with van der Waals surface area (Å²) in [5.41, 5.74) is 1.50. The largest absolute Gasteiger partial charge is 0.356 e. The number of nitrogens with one attached hydrogen (secondary N) is 2. The van der Waals surface area contributed by atoms with Crippen molar-refractivity contribution >= 4 is 28.9 Å². The second-order valence-electron chi connectivity index (χ2n) is 5.93. The number of hydrogen-bond acceptors (Lipinski definition) is 3. The van der Waals surface area contributed by atoms with Gasteiger partial charge in [0.2, 0.25) is 0 Å². The Kier molecular flexibility index (Phi) is 4.87. The Balaban J connectivity index is 1.56. The fourth-order valence-corrected chi connectivity index (χ4v) is 3.57. The van der Waals surface area contributed by atoms with Crippen LogP contribution in [0.3, 0.4) is 0 Å². The van der Waals surface area contributed by atoms with Gasteiger partial charge in [0.1, 0.15) is 5.01 Å². The minimum absolute atomic E-state index is 0.195. The molecule has 1 aliphatic rings. The zero-order valence-corrected chi connectivity index (χ0v) is 15.0. The monoisotopic (exact) mass is 348 g/mol. The SMILES string of the molecule is CN=C(NCc1ncc(C)s1)NCC1(c2cccc(Cl)c2)CC1. The van der Waals surface area contributed by atoms with Crippen LogP contribution in [-0.2, 0) is 12.0 Å². The molecule has 1 heterocycles. The summed E-state index contributed by atoms with van der Waals surface area (Å²) in [6, 6.07) is 8.18. The summed E-state index contributed by atoms with van der Waals surface area (Å²) in [6.45, 7) is 3.63. The second-order valence-corrected chi connectivity index (χ2v) is 7.69. The lowest BCUT2D eigenvalue weighted by Gasteiger charge is -2.19. The third kappa shape index (κ3) is 4.03. The van der Waals surface area contributed by atoms with E-state index in [1.165, 1.54) is 23.3 Å². The summed E-state index contributed by atoms with van der Waals surface area (Å²) in [7, 11) is 1.79. The first kappa shape index (κ1) is 16.3. The highest BCUT2D eigenvalue weighted by atomic mass is 35.5. The summed E-state index contributed by atoms with van der Waals surface area (Å²) in [5, 5.41) is 8.63. The molecule has 0 saturated heterocycles. The smallest absolute Gasteiger partial charge is 0.191 e. The van der Waals surface area contributed by atoms with Gasteiger partial charge in [-0.2, -0.15) is 0 Å². The van der Waals surface area contributed by atoms with Crippen molar-refractivity contribution < 1.29 is 0 Å². The molecule has 0 bridgehead atoms. The van der Waals surface area contributed by atoms with E-state index in [4.69, 9.17) is 11.6 Å². The van der Waals surface area contributed by atoms with Crippen molar-refractivity contribution in [3.8, 4) is 0 Å². The molecule has 3 rings (SSSR count). The predicted molar refractivity (Wildman–Crippen MR) is 97.4 cm³/mol. The number of aliphatic imine (C=N–C) groups is 1. The highest BCUT2D eigenvalue weighted by molar-refractivity contribution is 7.11. The van der Waals surface area contributed by atoms with Gasteiger partial charge in [0.15, 0.2) is 5.96 Å². The van der Waals surface area contributed by atoms with Crippen LogP contribution in [0.2, 0.25) is 5.02 Å². The third-order valence-electron chi connectivity index (χ3n) is 4.18. The van der Waals surface area contributed by atoms with Gasteiger partial charge >= 0.3 is 0 Å². The van der Waals surface area contributed by atoms with Crippen molar-refractivity contribution in [2.24, 2.45) is 4.99 Å². The molecule has 2 aromatic rings. The molecule has 1 fully saturated rings. The van der Waals surface area contributed by atoms with Crippen molar-refractivity contribution in [1.82, 2.24) is 15.6 Å². The first-order valence-electron chi connectivity index (χ1n) is 7.73. The number of nitrogens with zero attached hydrogens (tertiary/aromatic N) is 2. The van der Waals surface area contributed by atoms with E-state index in [0.717, 1.165) is 22.5 Å². The number of benzene rings is 1. The standard InChI is InChI=1S/C17H21ClN4S/c1-12-9-20-15(23-12)10-21-16(19-2)22-11-17(6-7-17)13-4-3-5-14(18)8-13/h3-5,8-9H,6-7,10-11H2,1-2H3,(H2,19,21,22). The zero-order chi connectivity index (χ0) is 16.3. The molecule has 23 heavy (non-hydrogen) atoms. The molecule has 4 nitrogen and oxygen atoms in total. The molecule has 1 aliphatic carbocycles. The first-order valence-corrected chi connectivity index (χ1v) is 8.93. The third-order valence-corrected chi connectivity index (χ3v) is 5.33. The van der Waals surface area contributed by atoms with E-state index >= 15 is 0 Å². The molecule has 1 saturated carbocycles. The van der Waals surface area contributed by atoms with Crippen LogP contribution in [0.15, 0.2) is 35.5 Å². The molecule has 1 aromatic heterocycles. The summed E-state index contributed by atoms with van der Waals surface area (Å²) >= 11 is 7.83. The number of aromatic nitrogens is 1. The minimum Gasteiger partial charge on any atom is -0.356 e. The van der Waals surface area contributed by atoms with Gasteiger partial charge < -0.3 is 10.6 Å². The maximum atomic E-state index is 6.13. The van der Waals surface area contributed by atoms with Gasteiger partial charge in [-0.05, 0) is 37.5 Å². The van der Waals surface area contributed by atoms with Crippen LogP contribution in [0, 0.1) is 6.92 Å². The van der Waals surface area contributed by atoms with Crippen LogP contribution in [0.1, 0.15) is 28.3 Å². The van der Waals surface area contributed by atoms with E-state index in [1.807, 2.05) is 18.3 Å². The topological polar surface area (TPSA) is 49.3 Å². The number of halogens is 1. The summed E-state index contributed by atoms with van der Waals surface area (Å²) < 4.78 is 0. The number of guanidine groups is 1. The van der Waals surface area contributed by atoms with E-state index in [-0.39, 0.29) is 5.41 Å². The van der Waals surface area contributed by atoms with Gasteiger partial charge in [0, 0.05) is 35.1 Å². The van der Waals surface area contributed by atoms with Crippen LogP contribution in [0.25, 0.3) is 0 Å². The normalized spacial score (nSPS) is 16.2. The highest BCUT2D eigenvalue weighted by Crippen LogP contribution is 2.48. The molecule has 0 amide bonds. The van der Waals surface area contributed by atoms with Gasteiger partial charge in [-0.1, -0.05) is 23.7 Å². The Labute approximate surface area is 146 Å². The lowest BCUT2D eigenvalue weighted by atomic mass is 9.96. The minimum atomic E-state index is 0.195. The quantitative estimate of drug-likeness (QED) is 0.642. The van der Waals surface area contributed by atoms with Crippen LogP contribution in [-0.4, -0.2) is 24.5 Å². The van der Waals surface area contributed by atoms with Crippen molar-refractivity contribution in [2.45, 2.75) is 31.7 Å². The van der Waals surface area contributed by atoms with Gasteiger partial charge in [-0.25, -0.2) is 4.98 Å². The number of thiazole rings is 1. The molecule has 0 radical (unpaired) electrons. The molecule has 0 atom stereocenters. The average Bonchev–Trinajstić information content (AvgIpc) is 3.23. The van der Waals surface area contributed by atoms with Gasteiger partial charge in [-0.15, -0.1) is 11.3 Å². The Morgan fingerprint density at radius 3 is 2.83 bits per heavy atom. The number of hydrogen-bond donors (Lipinski definition) is 2. The molecule has 122 valence electrons. The Bertz CT molecular complexity index is 706. The van der Waals surface area contributed by atoms with E-state index in [9.17, 15) is 0 Å². The van der Waals surface area contributed by atoms with Crippen LogP contribution in [0.4, 0.5) is 0 Å². The van der Waals surface area contributed by atoms with E-state index in [0.29, 0.717) is 6.54 Å². The molecule has 2 N–H and O–H groups in total. The fourth-order valence-electron chi connectivity index (χ4n) is 2.65. The van der Waals surface area contributed by atoms with E-state index < -0.39 is 0 Å². The molecule has 6 heteroatoms. The maximum Gasteiger partial charge on any atom is 0.191 e.